The second-order valence-corrected chi connectivity index (χ2v) is 5.42. The second-order valence-electron chi connectivity index (χ2n) is 4.10. The summed E-state index contributed by atoms with van der Waals surface area (Å²) in [4.78, 5) is 14.3. The number of imidazole rings is 1. The zero-order chi connectivity index (χ0) is 13.2. The molecule has 0 fully saturated rings. The average Bonchev–Trinajstić information content (AvgIpc) is 3.04. The van der Waals surface area contributed by atoms with Crippen molar-refractivity contribution in [3.05, 3.63) is 34.7 Å². The number of nitrogens with zero attached hydrogens (tertiary/aromatic N) is 4. The maximum atomic E-state index is 4.48. The molecule has 0 aliphatic rings. The van der Waals surface area contributed by atoms with Crippen LogP contribution in [0.2, 0.25) is 0 Å². The van der Waals surface area contributed by atoms with Crippen molar-refractivity contribution in [3.8, 4) is 0 Å². The van der Waals surface area contributed by atoms with Gasteiger partial charge in [0.15, 0.2) is 11.5 Å². The Kier molecular flexibility index (Phi) is 3.04. The number of fused-ring (bicyclic) bond motifs is 1. The highest BCUT2D eigenvalue weighted by Crippen LogP contribution is 2.18. The van der Waals surface area contributed by atoms with Gasteiger partial charge < -0.3 is 15.0 Å². The summed E-state index contributed by atoms with van der Waals surface area (Å²) in [6.07, 6.45) is 7.44. The number of rotatable bonds is 4. The van der Waals surface area contributed by atoms with Crippen molar-refractivity contribution in [3.63, 3.8) is 0 Å². The molecule has 98 valence electrons. The van der Waals surface area contributed by atoms with E-state index < -0.39 is 0 Å². The van der Waals surface area contributed by atoms with E-state index in [4.69, 9.17) is 0 Å². The quantitative estimate of drug-likeness (QED) is 0.763. The summed E-state index contributed by atoms with van der Waals surface area (Å²) < 4.78 is 1.94. The highest BCUT2D eigenvalue weighted by Gasteiger charge is 2.07. The molecule has 2 N–H and O–H groups in total. The lowest BCUT2D eigenvalue weighted by molar-refractivity contribution is 1.05. The van der Waals surface area contributed by atoms with Crippen molar-refractivity contribution >= 4 is 28.6 Å². The molecule has 7 heteroatoms. The van der Waals surface area contributed by atoms with Crippen LogP contribution in [-0.4, -0.2) is 26.4 Å². The Hall–Kier alpha value is -2.15. The van der Waals surface area contributed by atoms with Gasteiger partial charge in [-0.05, 0) is 6.92 Å². The predicted octanol–water partition coefficient (Wildman–Crippen LogP) is 2.15. The van der Waals surface area contributed by atoms with E-state index in [-0.39, 0.29) is 0 Å². The van der Waals surface area contributed by atoms with Gasteiger partial charge in [0.05, 0.1) is 12.7 Å². The zero-order valence-corrected chi connectivity index (χ0v) is 11.5. The molecule has 3 rings (SSSR count). The highest BCUT2D eigenvalue weighted by molar-refractivity contribution is 7.11. The molecular formula is C12H14N6S. The summed E-state index contributed by atoms with van der Waals surface area (Å²) in [5.74, 6) is 1.55. The lowest BCUT2D eigenvalue weighted by Crippen LogP contribution is -2.05. The van der Waals surface area contributed by atoms with Crippen LogP contribution in [0.4, 0.5) is 11.6 Å². The summed E-state index contributed by atoms with van der Waals surface area (Å²) in [6, 6.07) is 0. The molecule has 3 aromatic rings. The fourth-order valence-corrected chi connectivity index (χ4v) is 2.54. The average molecular weight is 274 g/mol. The van der Waals surface area contributed by atoms with Gasteiger partial charge >= 0.3 is 0 Å². The van der Waals surface area contributed by atoms with Crippen LogP contribution >= 0.6 is 11.3 Å². The lowest BCUT2D eigenvalue weighted by Gasteiger charge is -2.08. The molecule has 0 saturated heterocycles. The number of nitrogens with one attached hydrogen (secondary N) is 2. The molecule has 0 unspecified atom stereocenters. The van der Waals surface area contributed by atoms with E-state index in [2.05, 4.69) is 25.6 Å². The smallest absolute Gasteiger partial charge is 0.180 e. The third kappa shape index (κ3) is 2.37. The largest absolute Gasteiger partial charge is 0.372 e. The first-order valence-corrected chi connectivity index (χ1v) is 6.74. The van der Waals surface area contributed by atoms with Crippen molar-refractivity contribution in [2.24, 2.45) is 0 Å². The van der Waals surface area contributed by atoms with Gasteiger partial charge in [-0.25, -0.2) is 15.0 Å². The molecule has 0 radical (unpaired) electrons. The monoisotopic (exact) mass is 274 g/mol. The number of thiazole rings is 1. The first-order chi connectivity index (χ1) is 9.26. The summed E-state index contributed by atoms with van der Waals surface area (Å²) >= 11 is 1.68. The van der Waals surface area contributed by atoms with Crippen LogP contribution in [0.5, 0.6) is 0 Å². The fourth-order valence-electron chi connectivity index (χ4n) is 1.81. The van der Waals surface area contributed by atoms with Crippen LogP contribution < -0.4 is 10.6 Å². The molecule has 3 aromatic heterocycles. The van der Waals surface area contributed by atoms with Crippen molar-refractivity contribution in [2.45, 2.75) is 13.5 Å². The van der Waals surface area contributed by atoms with Gasteiger partial charge in [-0.2, -0.15) is 0 Å². The fraction of sp³-hybridized carbons (Fsp3) is 0.250. The first-order valence-electron chi connectivity index (χ1n) is 5.93. The van der Waals surface area contributed by atoms with E-state index in [1.807, 2.05) is 37.0 Å². The number of aryl methyl sites for hydroxylation is 1. The summed E-state index contributed by atoms with van der Waals surface area (Å²) in [7, 11) is 1.85. The SMILES string of the molecule is CNc1cn2ccnc2c(NCc2ncc(C)s2)n1. The number of anilines is 2. The van der Waals surface area contributed by atoms with Crippen LogP contribution in [0.15, 0.2) is 24.8 Å². The Bertz CT molecular complexity index is 701. The maximum Gasteiger partial charge on any atom is 0.180 e. The molecular weight excluding hydrogens is 260 g/mol. The topological polar surface area (TPSA) is 67.1 Å². The molecule has 0 aromatic carbocycles. The Morgan fingerprint density at radius 2 is 2.26 bits per heavy atom. The van der Waals surface area contributed by atoms with E-state index in [0.29, 0.717) is 6.54 Å². The Balaban J connectivity index is 1.88. The van der Waals surface area contributed by atoms with Gasteiger partial charge in [-0.3, -0.25) is 0 Å². The third-order valence-corrected chi connectivity index (χ3v) is 3.62. The minimum atomic E-state index is 0.654. The number of aromatic nitrogens is 4. The van der Waals surface area contributed by atoms with Crippen LogP contribution in [0.25, 0.3) is 5.65 Å². The molecule has 0 aliphatic carbocycles. The molecule has 0 aliphatic heterocycles. The zero-order valence-electron chi connectivity index (χ0n) is 10.7. The lowest BCUT2D eigenvalue weighted by atomic mass is 10.5. The van der Waals surface area contributed by atoms with Gasteiger partial charge in [0.1, 0.15) is 10.8 Å². The van der Waals surface area contributed by atoms with Gasteiger partial charge in [0.2, 0.25) is 0 Å². The first kappa shape index (κ1) is 11.9. The van der Waals surface area contributed by atoms with Crippen LogP contribution in [0.3, 0.4) is 0 Å². The van der Waals surface area contributed by atoms with E-state index in [1.54, 1.807) is 17.5 Å². The predicted molar refractivity (Wildman–Crippen MR) is 76.7 cm³/mol. The van der Waals surface area contributed by atoms with Crippen molar-refractivity contribution < 1.29 is 0 Å². The van der Waals surface area contributed by atoms with E-state index in [0.717, 1.165) is 22.3 Å². The van der Waals surface area contributed by atoms with Crippen molar-refractivity contribution in [1.82, 2.24) is 19.4 Å². The maximum absolute atomic E-state index is 4.48. The molecule has 6 nitrogen and oxygen atoms in total. The second kappa shape index (κ2) is 4.85. The number of hydrogen-bond donors (Lipinski definition) is 2. The summed E-state index contributed by atoms with van der Waals surface area (Å²) in [5, 5.41) is 7.37. The van der Waals surface area contributed by atoms with Gasteiger partial charge in [0, 0.05) is 30.5 Å². The highest BCUT2D eigenvalue weighted by atomic mass is 32.1. The molecule has 0 saturated carbocycles. The van der Waals surface area contributed by atoms with E-state index >= 15 is 0 Å². The molecule has 0 atom stereocenters. The Morgan fingerprint density at radius 1 is 1.37 bits per heavy atom. The van der Waals surface area contributed by atoms with E-state index in [9.17, 15) is 0 Å². The van der Waals surface area contributed by atoms with Gasteiger partial charge in [-0.15, -0.1) is 11.3 Å². The standard InChI is InChI=1S/C12H14N6S/c1-8-5-15-10(19-8)6-16-11-12-14-3-4-18(12)7-9(13-2)17-11/h3-5,7,13H,6H2,1-2H3,(H,16,17). The molecule has 0 amide bonds. The normalized spacial score (nSPS) is 10.8. The summed E-state index contributed by atoms with van der Waals surface area (Å²) in [6.45, 7) is 2.70. The van der Waals surface area contributed by atoms with E-state index in [1.165, 1.54) is 4.88 Å². The minimum absolute atomic E-state index is 0.654. The molecule has 0 spiro atoms. The minimum Gasteiger partial charge on any atom is -0.372 e. The van der Waals surface area contributed by atoms with Crippen LogP contribution in [0.1, 0.15) is 9.88 Å². The van der Waals surface area contributed by atoms with Crippen molar-refractivity contribution in [2.75, 3.05) is 17.7 Å². The summed E-state index contributed by atoms with van der Waals surface area (Å²) in [5.41, 5.74) is 0.812. The van der Waals surface area contributed by atoms with Crippen molar-refractivity contribution in [1.29, 1.82) is 0 Å². The van der Waals surface area contributed by atoms with Crippen LogP contribution in [0, 0.1) is 6.92 Å². The molecule has 0 bridgehead atoms. The molecule has 19 heavy (non-hydrogen) atoms. The number of hydrogen-bond acceptors (Lipinski definition) is 6. The third-order valence-electron chi connectivity index (χ3n) is 2.71. The van der Waals surface area contributed by atoms with Gasteiger partial charge in [-0.1, -0.05) is 0 Å². The Morgan fingerprint density at radius 3 is 3.00 bits per heavy atom. The van der Waals surface area contributed by atoms with Gasteiger partial charge in [0.25, 0.3) is 0 Å². The molecule has 3 heterocycles. The van der Waals surface area contributed by atoms with Crippen LogP contribution in [-0.2, 0) is 6.54 Å². The Labute approximate surface area is 114 Å².